The highest BCUT2D eigenvalue weighted by molar-refractivity contribution is 7.17. The summed E-state index contributed by atoms with van der Waals surface area (Å²) in [5.74, 6) is -0.316. The Morgan fingerprint density at radius 1 is 0.958 bits per heavy atom. The minimum absolute atomic E-state index is 0.316. The second kappa shape index (κ2) is 6.97. The van der Waals surface area contributed by atoms with E-state index in [9.17, 15) is 4.79 Å². The maximum Gasteiger partial charge on any atom is 0.350 e. The zero-order chi connectivity index (χ0) is 17.1. The Morgan fingerprint density at radius 3 is 2.04 bits per heavy atom. The van der Waals surface area contributed by atoms with Crippen molar-refractivity contribution in [1.29, 1.82) is 0 Å². The fourth-order valence-electron chi connectivity index (χ4n) is 2.38. The van der Waals surface area contributed by atoms with Gasteiger partial charge in [0.05, 0.1) is 12.3 Å². The van der Waals surface area contributed by atoms with E-state index in [2.05, 4.69) is 0 Å². The average molecular weight is 337 g/mol. The first-order valence-electron chi connectivity index (χ1n) is 7.90. The van der Waals surface area contributed by atoms with Crippen LogP contribution in [-0.4, -0.2) is 17.6 Å². The molecule has 0 spiro atoms. The van der Waals surface area contributed by atoms with E-state index in [4.69, 9.17) is 9.72 Å². The van der Waals surface area contributed by atoms with Gasteiger partial charge >= 0.3 is 5.97 Å². The van der Waals surface area contributed by atoms with E-state index in [0.717, 1.165) is 16.1 Å². The lowest BCUT2D eigenvalue weighted by atomic mass is 10.1. The van der Waals surface area contributed by atoms with Crippen molar-refractivity contribution < 1.29 is 9.53 Å². The molecule has 122 valence electrons. The molecule has 0 N–H and O–H groups in total. The maximum atomic E-state index is 12.4. The summed E-state index contributed by atoms with van der Waals surface area (Å²) >= 11 is 1.38. The van der Waals surface area contributed by atoms with Crippen molar-refractivity contribution in [2.45, 2.75) is 20.8 Å². The number of rotatable bonds is 4. The molecule has 3 rings (SSSR count). The molecular formula is C20H19NO2S. The summed E-state index contributed by atoms with van der Waals surface area (Å²) in [5, 5.41) is 0.827. The van der Waals surface area contributed by atoms with Crippen LogP contribution in [0.25, 0.3) is 21.8 Å². The summed E-state index contributed by atoms with van der Waals surface area (Å²) in [4.78, 5) is 17.6. The van der Waals surface area contributed by atoms with Crippen molar-refractivity contribution in [2.75, 3.05) is 6.61 Å². The zero-order valence-electron chi connectivity index (χ0n) is 14.0. The number of hydrogen-bond donors (Lipinski definition) is 0. The van der Waals surface area contributed by atoms with Crippen LogP contribution >= 0.6 is 11.3 Å². The van der Waals surface area contributed by atoms with Crippen molar-refractivity contribution in [1.82, 2.24) is 4.98 Å². The van der Waals surface area contributed by atoms with Crippen molar-refractivity contribution >= 4 is 17.3 Å². The van der Waals surface area contributed by atoms with E-state index < -0.39 is 0 Å². The third-order valence-electron chi connectivity index (χ3n) is 3.71. The Balaban J connectivity index is 2.10. The van der Waals surface area contributed by atoms with Gasteiger partial charge in [0, 0.05) is 11.1 Å². The first kappa shape index (κ1) is 16.4. The quantitative estimate of drug-likeness (QED) is 0.609. The minimum atomic E-state index is -0.316. The normalized spacial score (nSPS) is 10.6. The van der Waals surface area contributed by atoms with E-state index >= 15 is 0 Å². The molecule has 0 amide bonds. The van der Waals surface area contributed by atoms with Gasteiger partial charge in [-0.05, 0) is 20.8 Å². The molecule has 3 aromatic rings. The van der Waals surface area contributed by atoms with Gasteiger partial charge in [0.25, 0.3) is 0 Å². The predicted octanol–water partition coefficient (Wildman–Crippen LogP) is 5.27. The van der Waals surface area contributed by atoms with Gasteiger partial charge in [-0.15, -0.1) is 11.3 Å². The number of aryl methyl sites for hydroxylation is 2. The smallest absolute Gasteiger partial charge is 0.350 e. The second-order valence-corrected chi connectivity index (χ2v) is 6.65. The van der Waals surface area contributed by atoms with Gasteiger partial charge in [0.1, 0.15) is 9.88 Å². The van der Waals surface area contributed by atoms with Gasteiger partial charge in [-0.25, -0.2) is 9.78 Å². The molecule has 4 heteroatoms. The Hall–Kier alpha value is -2.46. The number of aromatic nitrogens is 1. The molecule has 0 aliphatic carbocycles. The largest absolute Gasteiger partial charge is 0.462 e. The molecule has 0 radical (unpaired) electrons. The first-order valence-corrected chi connectivity index (χ1v) is 8.72. The van der Waals surface area contributed by atoms with E-state index in [1.807, 2.05) is 69.3 Å². The van der Waals surface area contributed by atoms with Crippen LogP contribution in [-0.2, 0) is 4.74 Å². The molecule has 0 atom stereocenters. The molecule has 0 aliphatic rings. The molecule has 0 bridgehead atoms. The Labute approximate surface area is 146 Å². The highest BCUT2D eigenvalue weighted by Gasteiger charge is 2.21. The van der Waals surface area contributed by atoms with Crippen LogP contribution < -0.4 is 0 Å². The van der Waals surface area contributed by atoms with Crippen LogP contribution in [0, 0.1) is 13.8 Å². The fraction of sp³-hybridized carbons (Fsp3) is 0.200. The lowest BCUT2D eigenvalue weighted by Crippen LogP contribution is -2.03. The number of benzene rings is 2. The van der Waals surface area contributed by atoms with Gasteiger partial charge in [-0.2, -0.15) is 0 Å². The van der Waals surface area contributed by atoms with E-state index in [1.165, 1.54) is 22.5 Å². The molecular weight excluding hydrogens is 318 g/mol. The number of hydrogen-bond acceptors (Lipinski definition) is 4. The standard InChI is InChI=1S/C20H19NO2S/c1-4-23-20(22)18-17(15-9-5-13(2)6-10-15)21-19(24-18)16-11-7-14(3)8-12-16/h5-12H,4H2,1-3H3. The van der Waals surface area contributed by atoms with Gasteiger partial charge in [0.2, 0.25) is 0 Å². The van der Waals surface area contributed by atoms with Gasteiger partial charge in [-0.3, -0.25) is 0 Å². The monoisotopic (exact) mass is 337 g/mol. The van der Waals surface area contributed by atoms with E-state index in [-0.39, 0.29) is 5.97 Å². The molecule has 3 nitrogen and oxygen atoms in total. The molecule has 1 heterocycles. The Morgan fingerprint density at radius 2 is 1.50 bits per heavy atom. The van der Waals surface area contributed by atoms with Gasteiger partial charge in [0.15, 0.2) is 0 Å². The van der Waals surface area contributed by atoms with Crippen molar-refractivity contribution in [3.63, 3.8) is 0 Å². The second-order valence-electron chi connectivity index (χ2n) is 5.65. The number of esters is 1. The lowest BCUT2D eigenvalue weighted by Gasteiger charge is -2.02. The SMILES string of the molecule is CCOC(=O)c1sc(-c2ccc(C)cc2)nc1-c1ccc(C)cc1. The number of carbonyl (C=O) groups is 1. The summed E-state index contributed by atoms with van der Waals surface area (Å²) in [6.45, 7) is 6.25. The molecule has 0 saturated heterocycles. The predicted molar refractivity (Wildman–Crippen MR) is 98.4 cm³/mol. The number of nitrogens with zero attached hydrogens (tertiary/aromatic N) is 1. The highest BCUT2D eigenvalue weighted by Crippen LogP contribution is 2.34. The lowest BCUT2D eigenvalue weighted by molar-refractivity contribution is 0.0532. The van der Waals surface area contributed by atoms with Crippen LogP contribution in [0.4, 0.5) is 0 Å². The number of carbonyl (C=O) groups excluding carboxylic acids is 1. The Kier molecular flexibility index (Phi) is 4.76. The average Bonchev–Trinajstić information content (AvgIpc) is 3.02. The highest BCUT2D eigenvalue weighted by atomic mass is 32.1. The summed E-state index contributed by atoms with van der Waals surface area (Å²) in [7, 11) is 0. The zero-order valence-corrected chi connectivity index (χ0v) is 14.8. The third-order valence-corrected chi connectivity index (χ3v) is 4.80. The van der Waals surface area contributed by atoms with Crippen molar-refractivity contribution in [3.8, 4) is 21.8 Å². The third kappa shape index (κ3) is 3.39. The number of thiazole rings is 1. The van der Waals surface area contributed by atoms with Gasteiger partial charge < -0.3 is 4.74 Å². The van der Waals surface area contributed by atoms with Crippen LogP contribution in [0.5, 0.6) is 0 Å². The Bertz CT molecular complexity index is 848. The molecule has 2 aromatic carbocycles. The molecule has 0 aliphatic heterocycles. The molecule has 0 saturated carbocycles. The number of ether oxygens (including phenoxy) is 1. The van der Waals surface area contributed by atoms with E-state index in [1.54, 1.807) is 0 Å². The van der Waals surface area contributed by atoms with Crippen LogP contribution in [0.1, 0.15) is 27.7 Å². The fourth-order valence-corrected chi connectivity index (χ4v) is 3.37. The van der Waals surface area contributed by atoms with Crippen LogP contribution in [0.2, 0.25) is 0 Å². The molecule has 0 unspecified atom stereocenters. The summed E-state index contributed by atoms with van der Waals surface area (Å²) in [6, 6.07) is 16.2. The van der Waals surface area contributed by atoms with Crippen molar-refractivity contribution in [2.24, 2.45) is 0 Å². The first-order chi connectivity index (χ1) is 11.6. The van der Waals surface area contributed by atoms with Crippen LogP contribution in [0.3, 0.4) is 0 Å². The van der Waals surface area contributed by atoms with Crippen LogP contribution in [0.15, 0.2) is 48.5 Å². The summed E-state index contributed by atoms with van der Waals surface area (Å²) in [6.07, 6.45) is 0. The summed E-state index contributed by atoms with van der Waals surface area (Å²) < 4.78 is 5.21. The topological polar surface area (TPSA) is 39.2 Å². The maximum absolute atomic E-state index is 12.4. The van der Waals surface area contributed by atoms with Crippen molar-refractivity contribution in [3.05, 3.63) is 64.5 Å². The minimum Gasteiger partial charge on any atom is -0.462 e. The molecule has 24 heavy (non-hydrogen) atoms. The summed E-state index contributed by atoms with van der Waals surface area (Å²) in [5.41, 5.74) is 4.99. The molecule has 0 fully saturated rings. The molecule has 1 aromatic heterocycles. The van der Waals surface area contributed by atoms with E-state index in [0.29, 0.717) is 17.2 Å². The van der Waals surface area contributed by atoms with Gasteiger partial charge in [-0.1, -0.05) is 59.7 Å².